The maximum Gasteiger partial charge on any atom is 0.235 e. The summed E-state index contributed by atoms with van der Waals surface area (Å²) in [6.45, 7) is 1.63. The van der Waals surface area contributed by atoms with Crippen LogP contribution in [0.25, 0.3) is 0 Å². The number of hydrazine groups is 1. The summed E-state index contributed by atoms with van der Waals surface area (Å²) in [5, 5.41) is 0. The van der Waals surface area contributed by atoms with Crippen LogP contribution >= 0.6 is 0 Å². The number of carbonyl (C=O) groups excluding carboxylic acids is 1. The predicted molar refractivity (Wildman–Crippen MR) is 22.7 cm³/mol. The molecule has 0 radical (unpaired) electrons. The van der Waals surface area contributed by atoms with Crippen LogP contribution in [0, 0.1) is 0 Å². The molecule has 0 aromatic heterocycles. The molecule has 0 aliphatic heterocycles. The molecule has 1 amide bonds. The average molecular weight is 106 g/mol. The van der Waals surface area contributed by atoms with Crippen LogP contribution in [0.3, 0.4) is 0 Å². The maximum absolute atomic E-state index is 10.8. The first-order valence-electron chi connectivity index (χ1n) is 1.95. The van der Waals surface area contributed by atoms with E-state index in [0.29, 0.717) is 0 Å². The molecule has 0 fully saturated rings. The highest BCUT2D eigenvalue weighted by Crippen LogP contribution is 1.69. The zero-order chi connectivity index (χ0) is 5.70. The van der Waals surface area contributed by atoms with E-state index in [9.17, 15) is 9.28 Å². The van der Waals surface area contributed by atoms with Crippen molar-refractivity contribution in [2.45, 2.75) is 13.3 Å². The summed E-state index contributed by atoms with van der Waals surface area (Å²) in [5.41, 5.74) is 2.76. The van der Waals surface area contributed by atoms with Crippen LogP contribution in [-0.2, 0) is 4.79 Å². The first kappa shape index (κ1) is 6.36. The third kappa shape index (κ3) is 3.18. The number of hydrogen-bond donors (Lipinski definition) is 2. The maximum atomic E-state index is 10.8. The fraction of sp³-hybridized carbons (Fsp3) is 0.667. The van der Waals surface area contributed by atoms with E-state index in [1.54, 1.807) is 12.3 Å². The van der Waals surface area contributed by atoms with Gasteiger partial charge in [0, 0.05) is 6.42 Å². The molecule has 0 unspecified atom stereocenters. The molecule has 0 aliphatic carbocycles. The Hall–Kier alpha value is -0.640. The van der Waals surface area contributed by atoms with E-state index in [0.717, 1.165) is 5.65 Å². The minimum atomic E-state index is -0.359. The number of amides is 1. The van der Waals surface area contributed by atoms with E-state index in [1.807, 2.05) is 0 Å². The molecule has 0 saturated heterocycles. The summed E-state index contributed by atoms with van der Waals surface area (Å²) in [4.78, 5) is 10.00. The highest BCUT2D eigenvalue weighted by atomic mass is 19.2. The molecule has 0 aromatic rings. The van der Waals surface area contributed by atoms with Gasteiger partial charge in [0.1, 0.15) is 0 Å². The molecule has 2 N–H and O–H groups in total. The smallest absolute Gasteiger partial charge is 0.235 e. The van der Waals surface area contributed by atoms with Crippen molar-refractivity contribution in [2.75, 3.05) is 0 Å². The molecule has 3 nitrogen and oxygen atoms in total. The Morgan fingerprint density at radius 3 is 2.57 bits per heavy atom. The van der Waals surface area contributed by atoms with Gasteiger partial charge in [0.2, 0.25) is 5.91 Å². The number of nitrogens with one attached hydrogen (secondary N) is 2. The van der Waals surface area contributed by atoms with Crippen LogP contribution in [0.5, 0.6) is 0 Å². The topological polar surface area (TPSA) is 41.1 Å². The van der Waals surface area contributed by atoms with Crippen molar-refractivity contribution in [1.29, 1.82) is 0 Å². The zero-order valence-electron chi connectivity index (χ0n) is 3.99. The second-order valence-corrected chi connectivity index (χ2v) is 0.996. The van der Waals surface area contributed by atoms with E-state index in [4.69, 9.17) is 0 Å². The van der Waals surface area contributed by atoms with Crippen molar-refractivity contribution in [3.8, 4) is 0 Å². The predicted octanol–water partition coefficient (Wildman–Crippen LogP) is -0.0983. The number of hydrogen-bond acceptors (Lipinski definition) is 2. The summed E-state index contributed by atoms with van der Waals surface area (Å²) < 4.78 is 10.8. The lowest BCUT2D eigenvalue weighted by Gasteiger charge is -1.92. The van der Waals surface area contributed by atoms with Crippen LogP contribution in [0.4, 0.5) is 4.48 Å². The minimum Gasteiger partial charge on any atom is -0.274 e. The Balaban J connectivity index is 3.00. The molecular weight excluding hydrogens is 99.0 g/mol. The molecule has 4 heteroatoms. The number of halogens is 1. The fourth-order valence-electron chi connectivity index (χ4n) is 0.141. The van der Waals surface area contributed by atoms with Gasteiger partial charge in [0.15, 0.2) is 0 Å². The monoisotopic (exact) mass is 106 g/mol. The van der Waals surface area contributed by atoms with Gasteiger partial charge in [-0.1, -0.05) is 12.6 Å². The third-order valence-electron chi connectivity index (χ3n) is 0.508. The Kier molecular flexibility index (Phi) is 3.22. The second-order valence-electron chi connectivity index (χ2n) is 0.996. The third-order valence-corrected chi connectivity index (χ3v) is 0.508. The van der Waals surface area contributed by atoms with Crippen LogP contribution in [0.1, 0.15) is 13.3 Å². The molecule has 0 bridgehead atoms. The van der Waals surface area contributed by atoms with Gasteiger partial charge in [-0.05, 0) is 0 Å². The molecule has 0 atom stereocenters. The van der Waals surface area contributed by atoms with Crippen LogP contribution < -0.4 is 11.1 Å². The zero-order valence-corrected chi connectivity index (χ0v) is 3.99. The molecular formula is C3H7FN2O. The Bertz CT molecular complexity index is 66.0. The molecule has 0 saturated carbocycles. The Morgan fingerprint density at radius 1 is 1.86 bits per heavy atom. The lowest BCUT2D eigenvalue weighted by Crippen LogP contribution is -2.30. The summed E-state index contributed by atoms with van der Waals surface area (Å²) in [5.74, 6) is -0.359. The van der Waals surface area contributed by atoms with E-state index in [-0.39, 0.29) is 12.3 Å². The van der Waals surface area contributed by atoms with Crippen LogP contribution in [0.15, 0.2) is 0 Å². The Morgan fingerprint density at radius 2 is 2.43 bits per heavy atom. The SMILES string of the molecule is CCC(=O)NNF. The van der Waals surface area contributed by atoms with E-state index < -0.39 is 0 Å². The average Bonchev–Trinajstić information content (AvgIpc) is 1.68. The van der Waals surface area contributed by atoms with Crippen molar-refractivity contribution in [1.82, 2.24) is 11.1 Å². The minimum absolute atomic E-state index is 0.289. The number of rotatable bonds is 2. The van der Waals surface area contributed by atoms with Crippen LogP contribution in [0.2, 0.25) is 0 Å². The fourth-order valence-corrected chi connectivity index (χ4v) is 0.141. The molecule has 0 aromatic carbocycles. The molecule has 0 spiro atoms. The number of carbonyl (C=O) groups is 1. The summed E-state index contributed by atoms with van der Waals surface area (Å²) >= 11 is 0. The molecule has 0 aliphatic rings. The Labute approximate surface area is 40.8 Å². The molecule has 0 heterocycles. The van der Waals surface area contributed by atoms with Crippen molar-refractivity contribution in [2.24, 2.45) is 0 Å². The van der Waals surface area contributed by atoms with Gasteiger partial charge in [-0.3, -0.25) is 10.2 Å². The van der Waals surface area contributed by atoms with Crippen molar-refractivity contribution in [3.63, 3.8) is 0 Å². The summed E-state index contributed by atoms with van der Waals surface area (Å²) in [7, 11) is 0. The van der Waals surface area contributed by atoms with Gasteiger partial charge in [-0.25, -0.2) is 0 Å². The lowest BCUT2D eigenvalue weighted by molar-refractivity contribution is -0.123. The van der Waals surface area contributed by atoms with E-state index in [2.05, 4.69) is 0 Å². The van der Waals surface area contributed by atoms with Gasteiger partial charge >= 0.3 is 0 Å². The van der Waals surface area contributed by atoms with Crippen LogP contribution in [-0.4, -0.2) is 5.91 Å². The normalized spacial score (nSPS) is 8.29. The largest absolute Gasteiger partial charge is 0.274 e. The first-order chi connectivity index (χ1) is 3.31. The van der Waals surface area contributed by atoms with Crippen molar-refractivity contribution < 1.29 is 9.28 Å². The van der Waals surface area contributed by atoms with Gasteiger partial charge < -0.3 is 0 Å². The van der Waals surface area contributed by atoms with Gasteiger partial charge in [0.05, 0.1) is 0 Å². The van der Waals surface area contributed by atoms with E-state index >= 15 is 0 Å². The molecule has 7 heavy (non-hydrogen) atoms. The highest BCUT2D eigenvalue weighted by molar-refractivity contribution is 5.74. The summed E-state index contributed by atoms with van der Waals surface area (Å²) in [6, 6.07) is 0. The van der Waals surface area contributed by atoms with Gasteiger partial charge in [0.25, 0.3) is 0 Å². The van der Waals surface area contributed by atoms with E-state index in [1.165, 1.54) is 0 Å². The standard InChI is InChI=1S/C3H7FN2O/c1-2-3(7)5-6-4/h6H,2H2,1H3,(H,5,7). The second kappa shape index (κ2) is 3.55. The molecule has 0 rings (SSSR count). The quantitative estimate of drug-likeness (QED) is 0.381. The van der Waals surface area contributed by atoms with Crippen molar-refractivity contribution >= 4 is 5.91 Å². The van der Waals surface area contributed by atoms with Gasteiger partial charge in [-0.15, -0.1) is 4.48 Å². The molecule has 42 valence electrons. The van der Waals surface area contributed by atoms with Gasteiger partial charge in [-0.2, -0.15) is 0 Å². The van der Waals surface area contributed by atoms with Crippen molar-refractivity contribution in [3.05, 3.63) is 0 Å². The highest BCUT2D eigenvalue weighted by Gasteiger charge is 1.89. The lowest BCUT2D eigenvalue weighted by atomic mass is 10.5. The summed E-state index contributed by atoms with van der Waals surface area (Å²) in [6.07, 6.45) is 0.289. The first-order valence-corrected chi connectivity index (χ1v) is 1.95.